The van der Waals surface area contributed by atoms with Crippen LogP contribution >= 0.6 is 0 Å². The molecule has 0 bridgehead atoms. The number of ether oxygens (including phenoxy) is 3. The lowest BCUT2D eigenvalue weighted by molar-refractivity contribution is -0.157. The molecule has 0 N–H and O–H groups in total. The minimum atomic E-state index is -0.233. The topological polar surface area (TPSA) is 65.1 Å². The van der Waals surface area contributed by atoms with E-state index in [9.17, 15) is 9.59 Å². The largest absolute Gasteiger partial charge is 0.465 e. The molecule has 0 saturated carbocycles. The van der Waals surface area contributed by atoms with Gasteiger partial charge in [-0.1, -0.05) is 124 Å². The molecular weight excluding hydrogens is 550 g/mol. The average Bonchev–Trinajstić information content (AvgIpc) is 2.99. The summed E-state index contributed by atoms with van der Waals surface area (Å²) in [5, 5.41) is 0. The van der Waals surface area contributed by atoms with E-state index in [0.717, 1.165) is 64.3 Å². The van der Waals surface area contributed by atoms with Crippen LogP contribution in [-0.2, 0) is 23.8 Å². The van der Waals surface area contributed by atoms with Crippen molar-refractivity contribution >= 4 is 11.9 Å². The Morgan fingerprint density at radius 1 is 0.591 bits per heavy atom. The molecule has 0 amide bonds. The quantitative estimate of drug-likeness (QED) is 0.0534. The lowest BCUT2D eigenvalue weighted by Gasteiger charge is -2.20. The van der Waals surface area contributed by atoms with Gasteiger partial charge in [-0.05, 0) is 71.9 Å². The molecule has 0 aromatic carbocycles. The van der Waals surface area contributed by atoms with Crippen molar-refractivity contribution in [3.05, 3.63) is 0 Å². The molecule has 0 saturated heterocycles. The zero-order valence-corrected chi connectivity index (χ0v) is 30.3. The van der Waals surface area contributed by atoms with Gasteiger partial charge in [-0.3, -0.25) is 4.79 Å². The molecule has 6 heteroatoms. The molecule has 0 heterocycles. The Balaban J connectivity index is 4.23. The van der Waals surface area contributed by atoms with Crippen molar-refractivity contribution in [2.45, 2.75) is 194 Å². The molecule has 0 aliphatic rings. The van der Waals surface area contributed by atoms with E-state index in [4.69, 9.17) is 14.2 Å². The lowest BCUT2D eigenvalue weighted by Crippen LogP contribution is -2.29. The van der Waals surface area contributed by atoms with Crippen LogP contribution in [-0.4, -0.2) is 62.9 Å². The van der Waals surface area contributed by atoms with Crippen LogP contribution in [0, 0.1) is 5.92 Å². The molecule has 0 spiro atoms. The van der Waals surface area contributed by atoms with Crippen LogP contribution in [0.15, 0.2) is 0 Å². The standard InChI is InChI=1S/C38H75NO5/c1-7-10-13-15-16-19-23-28-36(44-38(41)33-42-34(4)31-39(5)6)29-24-20-17-18-21-25-30-37(40)43-32-35(26-12-9-3)27-22-14-11-8-2/h34-36H,7-33H2,1-6H3. The first-order valence-corrected chi connectivity index (χ1v) is 18.9. The maximum atomic E-state index is 12.5. The van der Waals surface area contributed by atoms with Crippen LogP contribution in [0.25, 0.3) is 0 Å². The summed E-state index contributed by atoms with van der Waals surface area (Å²) in [6, 6.07) is 0. The summed E-state index contributed by atoms with van der Waals surface area (Å²) in [7, 11) is 4.01. The van der Waals surface area contributed by atoms with E-state index >= 15 is 0 Å². The summed E-state index contributed by atoms with van der Waals surface area (Å²) in [5.41, 5.74) is 0. The van der Waals surface area contributed by atoms with E-state index < -0.39 is 0 Å². The summed E-state index contributed by atoms with van der Waals surface area (Å²) in [4.78, 5) is 26.9. The predicted molar refractivity (Wildman–Crippen MR) is 186 cm³/mol. The van der Waals surface area contributed by atoms with Crippen molar-refractivity contribution in [3.8, 4) is 0 Å². The van der Waals surface area contributed by atoms with E-state index in [1.807, 2.05) is 21.0 Å². The van der Waals surface area contributed by atoms with Crippen molar-refractivity contribution in [1.82, 2.24) is 4.90 Å². The Hall–Kier alpha value is -1.14. The van der Waals surface area contributed by atoms with Crippen molar-refractivity contribution in [3.63, 3.8) is 0 Å². The second-order valence-corrected chi connectivity index (χ2v) is 13.6. The molecule has 262 valence electrons. The number of esters is 2. The van der Waals surface area contributed by atoms with Gasteiger partial charge in [-0.25, -0.2) is 4.79 Å². The highest BCUT2D eigenvalue weighted by atomic mass is 16.6. The Labute approximate surface area is 274 Å². The second-order valence-electron chi connectivity index (χ2n) is 13.6. The van der Waals surface area contributed by atoms with E-state index in [-0.39, 0.29) is 30.8 Å². The molecule has 6 nitrogen and oxygen atoms in total. The molecule has 3 unspecified atom stereocenters. The van der Waals surface area contributed by atoms with Gasteiger partial charge in [0.15, 0.2) is 0 Å². The van der Waals surface area contributed by atoms with E-state index in [1.54, 1.807) is 0 Å². The van der Waals surface area contributed by atoms with Crippen LogP contribution in [0.4, 0.5) is 0 Å². The highest BCUT2D eigenvalue weighted by Gasteiger charge is 2.16. The number of rotatable bonds is 33. The molecule has 0 rings (SSSR count). The maximum absolute atomic E-state index is 12.5. The average molecular weight is 626 g/mol. The predicted octanol–water partition coefficient (Wildman–Crippen LogP) is 10.4. The smallest absolute Gasteiger partial charge is 0.332 e. The van der Waals surface area contributed by atoms with Crippen LogP contribution in [0.5, 0.6) is 0 Å². The Morgan fingerprint density at radius 2 is 1.07 bits per heavy atom. The minimum absolute atomic E-state index is 0.00371. The van der Waals surface area contributed by atoms with E-state index in [0.29, 0.717) is 18.9 Å². The first-order valence-electron chi connectivity index (χ1n) is 18.9. The van der Waals surface area contributed by atoms with E-state index in [2.05, 4.69) is 25.7 Å². The zero-order chi connectivity index (χ0) is 32.7. The molecule has 0 fully saturated rings. The van der Waals surface area contributed by atoms with Crippen molar-refractivity contribution in [1.29, 1.82) is 0 Å². The van der Waals surface area contributed by atoms with Crippen LogP contribution in [0.1, 0.15) is 182 Å². The van der Waals surface area contributed by atoms with Gasteiger partial charge >= 0.3 is 11.9 Å². The van der Waals surface area contributed by atoms with Gasteiger partial charge in [0.05, 0.1) is 12.7 Å². The molecular formula is C38H75NO5. The molecule has 0 radical (unpaired) electrons. The first kappa shape index (κ1) is 42.9. The van der Waals surface area contributed by atoms with Gasteiger partial charge < -0.3 is 19.1 Å². The minimum Gasteiger partial charge on any atom is -0.465 e. The number of carbonyl (C=O) groups is 2. The number of unbranched alkanes of at least 4 members (excludes halogenated alkanes) is 15. The Kier molecular flexibility index (Phi) is 31.0. The summed E-state index contributed by atoms with van der Waals surface area (Å²) in [6.45, 7) is 10.1. The number of carbonyl (C=O) groups excluding carboxylic acids is 2. The van der Waals surface area contributed by atoms with Gasteiger partial charge in [-0.2, -0.15) is 0 Å². The third-order valence-electron chi connectivity index (χ3n) is 8.60. The van der Waals surface area contributed by atoms with Gasteiger partial charge in [0.2, 0.25) is 0 Å². The normalized spacial score (nSPS) is 13.6. The molecule has 3 atom stereocenters. The fourth-order valence-corrected chi connectivity index (χ4v) is 5.88. The van der Waals surface area contributed by atoms with Crippen LogP contribution in [0.2, 0.25) is 0 Å². The lowest BCUT2D eigenvalue weighted by atomic mass is 9.96. The summed E-state index contributed by atoms with van der Waals surface area (Å²) >= 11 is 0. The maximum Gasteiger partial charge on any atom is 0.332 e. The summed E-state index contributed by atoms with van der Waals surface area (Å²) in [5.74, 6) is 0.280. The Bertz CT molecular complexity index is 641. The van der Waals surface area contributed by atoms with Crippen LogP contribution < -0.4 is 0 Å². The molecule has 44 heavy (non-hydrogen) atoms. The van der Waals surface area contributed by atoms with Gasteiger partial charge in [0.25, 0.3) is 0 Å². The first-order chi connectivity index (χ1) is 21.3. The molecule has 0 aliphatic carbocycles. The van der Waals surface area contributed by atoms with Gasteiger partial charge in [0.1, 0.15) is 12.7 Å². The number of nitrogens with zero attached hydrogens (tertiary/aromatic N) is 1. The molecule has 0 aromatic heterocycles. The van der Waals surface area contributed by atoms with Crippen LogP contribution in [0.3, 0.4) is 0 Å². The Morgan fingerprint density at radius 3 is 1.64 bits per heavy atom. The second kappa shape index (κ2) is 31.8. The highest BCUT2D eigenvalue weighted by Crippen LogP contribution is 2.20. The van der Waals surface area contributed by atoms with Crippen molar-refractivity contribution in [2.24, 2.45) is 5.92 Å². The monoisotopic (exact) mass is 626 g/mol. The SMILES string of the molecule is CCCCCCCCCC(CCCCCCCCC(=O)OCC(CCCC)CCCCCC)OC(=O)COC(C)CN(C)C. The number of likely N-dealkylation sites (N-methyl/N-ethyl adjacent to an activating group) is 1. The third-order valence-corrected chi connectivity index (χ3v) is 8.60. The van der Waals surface area contributed by atoms with Gasteiger partial charge in [-0.15, -0.1) is 0 Å². The summed E-state index contributed by atoms with van der Waals surface area (Å²) in [6.07, 6.45) is 27.7. The zero-order valence-electron chi connectivity index (χ0n) is 30.3. The molecule has 0 aromatic rings. The summed E-state index contributed by atoms with van der Waals surface area (Å²) < 4.78 is 17.3. The number of hydrogen-bond donors (Lipinski definition) is 0. The highest BCUT2D eigenvalue weighted by molar-refractivity contribution is 5.71. The third kappa shape index (κ3) is 29.6. The fraction of sp³-hybridized carbons (Fsp3) is 0.947. The van der Waals surface area contributed by atoms with Crippen molar-refractivity contribution < 1.29 is 23.8 Å². The van der Waals surface area contributed by atoms with Gasteiger partial charge in [0, 0.05) is 13.0 Å². The molecule has 0 aliphatic heterocycles. The number of hydrogen-bond acceptors (Lipinski definition) is 6. The fourth-order valence-electron chi connectivity index (χ4n) is 5.88. The van der Waals surface area contributed by atoms with Crippen molar-refractivity contribution in [2.75, 3.05) is 33.9 Å². The van der Waals surface area contributed by atoms with E-state index in [1.165, 1.54) is 89.9 Å².